The highest BCUT2D eigenvalue weighted by molar-refractivity contribution is 7.10. The molecule has 0 saturated carbocycles. The van der Waals surface area contributed by atoms with Gasteiger partial charge >= 0.3 is 5.97 Å². The number of carbonyl (C=O) groups excluding carboxylic acids is 3. The van der Waals surface area contributed by atoms with Crippen molar-refractivity contribution in [3.05, 3.63) is 83.2 Å². The summed E-state index contributed by atoms with van der Waals surface area (Å²) in [6.07, 6.45) is 0. The van der Waals surface area contributed by atoms with E-state index in [0.29, 0.717) is 21.7 Å². The molecule has 0 N–H and O–H groups in total. The highest BCUT2D eigenvalue weighted by Crippen LogP contribution is 2.36. The van der Waals surface area contributed by atoms with Crippen molar-refractivity contribution >= 4 is 51.7 Å². The van der Waals surface area contributed by atoms with Crippen LogP contribution in [-0.4, -0.2) is 29.0 Å². The molecule has 1 aromatic carbocycles. The standard InChI is InChI=1S/C24H19N3O5S2/c1-4-32-23(31)17-12(2)25-24-27(19(17)16-10-7-11-33-16)22(30)20(34-24)18-14-8-5-6-9-15(14)26(13(3)28)21(18)29/h5-11,19H,4H2,1-3H3. The molecule has 2 amide bonds. The van der Waals surface area contributed by atoms with Crippen LogP contribution >= 0.6 is 22.7 Å². The second kappa shape index (κ2) is 8.30. The molecule has 8 nitrogen and oxygen atoms in total. The molecule has 10 heteroatoms. The van der Waals surface area contributed by atoms with Crippen LogP contribution in [-0.2, 0) is 19.1 Å². The summed E-state index contributed by atoms with van der Waals surface area (Å²) in [5.41, 5.74) is 1.43. The molecule has 0 aliphatic carbocycles. The lowest BCUT2D eigenvalue weighted by Crippen LogP contribution is -2.41. The lowest BCUT2D eigenvalue weighted by molar-refractivity contribution is -0.139. The molecule has 3 aromatic rings. The molecule has 0 spiro atoms. The Morgan fingerprint density at radius 3 is 2.59 bits per heavy atom. The van der Waals surface area contributed by atoms with E-state index in [1.807, 2.05) is 17.5 Å². The molecule has 4 heterocycles. The zero-order chi connectivity index (χ0) is 24.1. The SMILES string of the molecule is CCOC(=O)C1=C(C)N=c2sc(=C3C(=O)N(C(C)=O)c4ccccc43)c(=O)n2C1c1cccs1. The Morgan fingerprint density at radius 1 is 1.15 bits per heavy atom. The molecule has 0 bridgehead atoms. The Morgan fingerprint density at radius 2 is 1.91 bits per heavy atom. The topological polar surface area (TPSA) is 98.0 Å². The average Bonchev–Trinajstić information content (AvgIpc) is 3.49. The molecule has 1 unspecified atom stereocenters. The van der Waals surface area contributed by atoms with Crippen molar-refractivity contribution in [3.63, 3.8) is 0 Å². The van der Waals surface area contributed by atoms with Gasteiger partial charge in [-0.1, -0.05) is 35.6 Å². The lowest BCUT2D eigenvalue weighted by Gasteiger charge is -2.23. The summed E-state index contributed by atoms with van der Waals surface area (Å²) in [5, 5.41) is 1.87. The third kappa shape index (κ3) is 3.21. The van der Waals surface area contributed by atoms with E-state index in [1.54, 1.807) is 38.1 Å². The summed E-state index contributed by atoms with van der Waals surface area (Å²) in [7, 11) is 0. The van der Waals surface area contributed by atoms with E-state index in [4.69, 9.17) is 4.74 Å². The average molecular weight is 494 g/mol. The number of ether oxygens (including phenoxy) is 1. The largest absolute Gasteiger partial charge is 0.463 e. The number of rotatable bonds is 3. The molecular formula is C24H19N3O5S2. The fraction of sp³-hybridized carbons (Fsp3) is 0.208. The van der Waals surface area contributed by atoms with E-state index in [-0.39, 0.29) is 22.3 Å². The van der Waals surface area contributed by atoms with Crippen LogP contribution < -0.4 is 19.8 Å². The van der Waals surface area contributed by atoms with Crippen molar-refractivity contribution in [2.75, 3.05) is 11.5 Å². The van der Waals surface area contributed by atoms with Gasteiger partial charge in [-0.15, -0.1) is 11.3 Å². The van der Waals surface area contributed by atoms with Gasteiger partial charge in [0.25, 0.3) is 11.5 Å². The molecular weight excluding hydrogens is 474 g/mol. The molecule has 5 rings (SSSR count). The number of imide groups is 1. The molecule has 0 radical (unpaired) electrons. The second-order valence-corrected chi connectivity index (χ2v) is 9.65. The minimum Gasteiger partial charge on any atom is -0.463 e. The number of thiophene rings is 1. The van der Waals surface area contributed by atoms with Gasteiger partial charge in [-0.2, -0.15) is 0 Å². The van der Waals surface area contributed by atoms with Gasteiger partial charge in [-0.3, -0.25) is 19.0 Å². The molecule has 172 valence electrons. The third-order valence-corrected chi connectivity index (χ3v) is 7.66. The summed E-state index contributed by atoms with van der Waals surface area (Å²) in [5.74, 6) is -1.52. The maximum Gasteiger partial charge on any atom is 0.338 e. The number of esters is 1. The fourth-order valence-corrected chi connectivity index (χ4v) is 6.27. The molecule has 2 aromatic heterocycles. The molecule has 1 atom stereocenters. The van der Waals surface area contributed by atoms with Gasteiger partial charge in [-0.05, 0) is 31.4 Å². The van der Waals surface area contributed by atoms with Crippen molar-refractivity contribution in [1.29, 1.82) is 0 Å². The first-order chi connectivity index (χ1) is 16.3. The van der Waals surface area contributed by atoms with E-state index in [9.17, 15) is 19.2 Å². The smallest absolute Gasteiger partial charge is 0.338 e. The number of allylic oxidation sites excluding steroid dienone is 1. The van der Waals surface area contributed by atoms with Crippen molar-refractivity contribution in [2.24, 2.45) is 4.99 Å². The van der Waals surface area contributed by atoms with Crippen LogP contribution in [0.4, 0.5) is 5.69 Å². The van der Waals surface area contributed by atoms with Gasteiger partial charge in [0.15, 0.2) is 4.80 Å². The first-order valence-corrected chi connectivity index (χ1v) is 12.2. The Balaban J connectivity index is 1.83. The number of para-hydroxylation sites is 1. The fourth-order valence-electron chi connectivity index (χ4n) is 4.31. The number of hydrogen-bond donors (Lipinski definition) is 0. The number of nitrogens with zero attached hydrogens (tertiary/aromatic N) is 3. The number of anilines is 1. The van der Waals surface area contributed by atoms with Crippen molar-refractivity contribution in [1.82, 2.24) is 4.57 Å². The molecule has 2 aliphatic heterocycles. The third-order valence-electron chi connectivity index (χ3n) is 5.68. The Bertz CT molecular complexity index is 1580. The number of aromatic nitrogens is 1. The Hall–Kier alpha value is -3.63. The van der Waals surface area contributed by atoms with E-state index >= 15 is 0 Å². The van der Waals surface area contributed by atoms with Gasteiger partial charge in [-0.25, -0.2) is 14.7 Å². The van der Waals surface area contributed by atoms with Gasteiger partial charge in [0.1, 0.15) is 10.6 Å². The number of fused-ring (bicyclic) bond motifs is 2. The number of thiazole rings is 1. The second-order valence-electron chi connectivity index (χ2n) is 7.69. The highest BCUT2D eigenvalue weighted by atomic mass is 32.1. The van der Waals surface area contributed by atoms with E-state index in [0.717, 1.165) is 21.1 Å². The number of hydrogen-bond acceptors (Lipinski definition) is 8. The van der Waals surface area contributed by atoms with Crippen LogP contribution in [0.15, 0.2) is 62.8 Å². The van der Waals surface area contributed by atoms with Crippen LogP contribution in [0.25, 0.3) is 5.57 Å². The predicted octanol–water partition coefficient (Wildman–Crippen LogP) is 2.12. The minimum absolute atomic E-state index is 0.165. The van der Waals surface area contributed by atoms with Crippen LogP contribution in [0.1, 0.15) is 37.3 Å². The van der Waals surface area contributed by atoms with Crippen LogP contribution in [0.2, 0.25) is 0 Å². The van der Waals surface area contributed by atoms with Crippen molar-refractivity contribution in [2.45, 2.75) is 26.8 Å². The summed E-state index contributed by atoms with van der Waals surface area (Å²) in [6.45, 7) is 4.92. The van der Waals surface area contributed by atoms with E-state index < -0.39 is 29.4 Å². The molecule has 2 aliphatic rings. The van der Waals surface area contributed by atoms with Crippen molar-refractivity contribution in [3.8, 4) is 0 Å². The van der Waals surface area contributed by atoms with Gasteiger partial charge in [0.05, 0.1) is 29.1 Å². The van der Waals surface area contributed by atoms with E-state index in [1.165, 1.54) is 22.8 Å². The zero-order valence-electron chi connectivity index (χ0n) is 18.5. The first-order valence-electron chi connectivity index (χ1n) is 10.5. The summed E-state index contributed by atoms with van der Waals surface area (Å²) < 4.78 is 6.91. The zero-order valence-corrected chi connectivity index (χ0v) is 20.2. The number of carbonyl (C=O) groups is 3. The molecule has 0 fully saturated rings. The predicted molar refractivity (Wildman–Crippen MR) is 128 cm³/mol. The quantitative estimate of drug-likeness (QED) is 0.521. The Kier molecular flexibility index (Phi) is 5.41. The van der Waals surface area contributed by atoms with Gasteiger partial charge in [0.2, 0.25) is 5.91 Å². The summed E-state index contributed by atoms with van der Waals surface area (Å²) in [4.78, 5) is 59.0. The van der Waals surface area contributed by atoms with Crippen LogP contribution in [0.5, 0.6) is 0 Å². The van der Waals surface area contributed by atoms with Crippen LogP contribution in [0.3, 0.4) is 0 Å². The monoisotopic (exact) mass is 493 g/mol. The lowest BCUT2D eigenvalue weighted by atomic mass is 10.0. The van der Waals surface area contributed by atoms with E-state index in [2.05, 4.69) is 4.99 Å². The summed E-state index contributed by atoms with van der Waals surface area (Å²) in [6, 6.07) is 9.86. The summed E-state index contributed by atoms with van der Waals surface area (Å²) >= 11 is 2.49. The number of benzene rings is 1. The van der Waals surface area contributed by atoms with Crippen molar-refractivity contribution < 1.29 is 19.1 Å². The minimum atomic E-state index is -0.722. The Labute approximate surface area is 201 Å². The highest BCUT2D eigenvalue weighted by Gasteiger charge is 2.38. The maximum atomic E-state index is 13.8. The molecule has 34 heavy (non-hydrogen) atoms. The van der Waals surface area contributed by atoms with Gasteiger partial charge < -0.3 is 4.74 Å². The van der Waals surface area contributed by atoms with Crippen LogP contribution in [0, 0.1) is 0 Å². The first kappa shape index (κ1) is 22.2. The molecule has 0 saturated heterocycles. The maximum absolute atomic E-state index is 13.8. The number of amides is 2. The normalized spacial score (nSPS) is 18.5. The van der Waals surface area contributed by atoms with Gasteiger partial charge in [0, 0.05) is 17.4 Å².